The predicted molar refractivity (Wildman–Crippen MR) is 93.7 cm³/mol. The Morgan fingerprint density at radius 1 is 1.28 bits per heavy atom. The number of hydrogen-bond donors (Lipinski definition) is 1. The molecule has 0 spiro atoms. The lowest BCUT2D eigenvalue weighted by Gasteiger charge is -2.16. The highest BCUT2D eigenvalue weighted by Crippen LogP contribution is 2.18. The zero-order valence-electron chi connectivity index (χ0n) is 14.7. The van der Waals surface area contributed by atoms with Gasteiger partial charge in [0.1, 0.15) is 0 Å². The van der Waals surface area contributed by atoms with E-state index >= 15 is 0 Å². The Labute approximate surface area is 148 Å². The van der Waals surface area contributed by atoms with E-state index in [-0.39, 0.29) is 30.1 Å². The monoisotopic (exact) mass is 346 g/mol. The first-order valence-electron chi connectivity index (χ1n) is 8.85. The van der Waals surface area contributed by atoms with E-state index in [9.17, 15) is 14.4 Å². The van der Waals surface area contributed by atoms with Crippen molar-refractivity contribution in [2.45, 2.75) is 32.6 Å². The molecule has 2 rings (SSSR count). The highest BCUT2D eigenvalue weighted by atomic mass is 16.5. The molecule has 1 aliphatic heterocycles. The van der Waals surface area contributed by atoms with E-state index in [2.05, 4.69) is 5.32 Å². The average molecular weight is 346 g/mol. The molecule has 0 saturated carbocycles. The number of nitrogens with zero attached hydrogens (tertiary/aromatic N) is 1. The van der Waals surface area contributed by atoms with E-state index in [1.807, 2.05) is 30.3 Å². The third-order valence-electron chi connectivity index (χ3n) is 4.26. The van der Waals surface area contributed by atoms with Gasteiger partial charge in [-0.3, -0.25) is 14.4 Å². The molecule has 1 atom stereocenters. The van der Waals surface area contributed by atoms with Gasteiger partial charge in [-0.25, -0.2) is 0 Å². The lowest BCUT2D eigenvalue weighted by molar-refractivity contribution is -0.143. The van der Waals surface area contributed by atoms with Gasteiger partial charge < -0.3 is 15.0 Å². The first kappa shape index (κ1) is 19.0. The number of esters is 1. The molecule has 1 fully saturated rings. The summed E-state index contributed by atoms with van der Waals surface area (Å²) in [5.74, 6) is -0.632. The highest BCUT2D eigenvalue weighted by Gasteiger charge is 2.33. The molecule has 25 heavy (non-hydrogen) atoms. The third kappa shape index (κ3) is 6.21. The summed E-state index contributed by atoms with van der Waals surface area (Å²) in [4.78, 5) is 37.3. The van der Waals surface area contributed by atoms with Crippen LogP contribution in [0.3, 0.4) is 0 Å². The fraction of sp³-hybridized carbons (Fsp3) is 0.526. The number of amides is 2. The van der Waals surface area contributed by atoms with Gasteiger partial charge in [0, 0.05) is 32.5 Å². The van der Waals surface area contributed by atoms with Crippen molar-refractivity contribution in [1.29, 1.82) is 0 Å². The van der Waals surface area contributed by atoms with Crippen molar-refractivity contribution in [3.8, 4) is 0 Å². The number of nitrogens with one attached hydrogen (secondary N) is 1. The maximum absolute atomic E-state index is 12.2. The van der Waals surface area contributed by atoms with Crippen LogP contribution in [0.5, 0.6) is 0 Å². The number of carbonyl (C=O) groups is 3. The van der Waals surface area contributed by atoms with Gasteiger partial charge in [0.15, 0.2) is 0 Å². The van der Waals surface area contributed by atoms with E-state index < -0.39 is 0 Å². The van der Waals surface area contributed by atoms with Crippen LogP contribution in [0.1, 0.15) is 31.7 Å². The maximum atomic E-state index is 12.2. The number of ether oxygens (including phenoxy) is 1. The van der Waals surface area contributed by atoms with Gasteiger partial charge in [-0.1, -0.05) is 30.3 Å². The van der Waals surface area contributed by atoms with Crippen LogP contribution in [0, 0.1) is 5.92 Å². The first-order chi connectivity index (χ1) is 12.1. The molecule has 136 valence electrons. The Balaban J connectivity index is 1.68. The Bertz CT molecular complexity index is 588. The van der Waals surface area contributed by atoms with Gasteiger partial charge in [0.25, 0.3) is 0 Å². The van der Waals surface area contributed by atoms with Gasteiger partial charge in [-0.05, 0) is 25.3 Å². The van der Waals surface area contributed by atoms with E-state index in [1.54, 1.807) is 11.8 Å². The van der Waals surface area contributed by atoms with E-state index in [4.69, 9.17) is 4.74 Å². The number of benzene rings is 1. The molecule has 1 heterocycles. The second-order valence-electron chi connectivity index (χ2n) is 6.18. The van der Waals surface area contributed by atoms with E-state index in [0.29, 0.717) is 39.1 Å². The molecule has 2 amide bonds. The Kier molecular flexibility index (Phi) is 7.44. The van der Waals surface area contributed by atoms with Gasteiger partial charge in [-0.2, -0.15) is 0 Å². The van der Waals surface area contributed by atoms with E-state index in [1.165, 1.54) is 5.56 Å². The van der Waals surface area contributed by atoms with Crippen LogP contribution in [0.25, 0.3) is 0 Å². The van der Waals surface area contributed by atoms with E-state index in [0.717, 1.165) is 6.42 Å². The normalized spacial score (nSPS) is 16.8. The second-order valence-corrected chi connectivity index (χ2v) is 6.18. The molecule has 0 bridgehead atoms. The number of carbonyl (C=O) groups excluding carboxylic acids is 3. The van der Waals surface area contributed by atoms with Crippen LogP contribution in [-0.2, 0) is 25.5 Å². The molecule has 0 aliphatic carbocycles. The summed E-state index contributed by atoms with van der Waals surface area (Å²) in [6, 6.07) is 10.00. The largest absolute Gasteiger partial charge is 0.466 e. The van der Waals surface area contributed by atoms with Gasteiger partial charge in [-0.15, -0.1) is 0 Å². The molecule has 1 N–H and O–H groups in total. The summed E-state index contributed by atoms with van der Waals surface area (Å²) in [6.07, 6.45) is 1.89. The topological polar surface area (TPSA) is 75.7 Å². The van der Waals surface area contributed by atoms with Crippen LogP contribution in [-0.4, -0.2) is 48.9 Å². The Hall–Kier alpha value is -2.37. The molecule has 1 aromatic rings. The molecule has 1 saturated heterocycles. The fourth-order valence-electron chi connectivity index (χ4n) is 2.89. The summed E-state index contributed by atoms with van der Waals surface area (Å²) >= 11 is 0. The Morgan fingerprint density at radius 3 is 2.76 bits per heavy atom. The SMILES string of the molecule is CCOC(=O)CCCNC(=O)C1CC(=O)N(CCc2ccccc2)C1. The summed E-state index contributed by atoms with van der Waals surface area (Å²) in [5, 5.41) is 2.81. The van der Waals surface area contributed by atoms with Crippen LogP contribution < -0.4 is 5.32 Å². The zero-order chi connectivity index (χ0) is 18.1. The second kappa shape index (κ2) is 9.81. The summed E-state index contributed by atoms with van der Waals surface area (Å²) in [6.45, 7) is 3.66. The van der Waals surface area contributed by atoms with Crippen molar-refractivity contribution in [3.05, 3.63) is 35.9 Å². The summed E-state index contributed by atoms with van der Waals surface area (Å²) < 4.78 is 4.84. The number of hydrogen-bond acceptors (Lipinski definition) is 4. The van der Waals surface area contributed by atoms with Crippen molar-refractivity contribution < 1.29 is 19.1 Å². The molecule has 6 nitrogen and oxygen atoms in total. The molecule has 1 aromatic carbocycles. The smallest absolute Gasteiger partial charge is 0.305 e. The van der Waals surface area contributed by atoms with Crippen molar-refractivity contribution in [3.63, 3.8) is 0 Å². The molecular weight excluding hydrogens is 320 g/mol. The minimum absolute atomic E-state index is 0.0302. The van der Waals surface area contributed by atoms with Crippen LogP contribution in [0.2, 0.25) is 0 Å². The average Bonchev–Trinajstić information content (AvgIpc) is 2.99. The maximum Gasteiger partial charge on any atom is 0.305 e. The third-order valence-corrected chi connectivity index (χ3v) is 4.26. The predicted octanol–water partition coefficient (Wildman–Crippen LogP) is 1.54. The number of likely N-dealkylation sites (tertiary alicyclic amines) is 1. The molecule has 6 heteroatoms. The van der Waals surface area contributed by atoms with Crippen LogP contribution in [0.15, 0.2) is 30.3 Å². The van der Waals surface area contributed by atoms with Crippen molar-refractivity contribution >= 4 is 17.8 Å². The quantitative estimate of drug-likeness (QED) is 0.544. The number of rotatable bonds is 9. The van der Waals surface area contributed by atoms with Gasteiger partial charge in [0.2, 0.25) is 11.8 Å². The fourth-order valence-corrected chi connectivity index (χ4v) is 2.89. The van der Waals surface area contributed by atoms with Crippen molar-refractivity contribution in [1.82, 2.24) is 10.2 Å². The molecule has 0 aromatic heterocycles. The van der Waals surface area contributed by atoms with Crippen LogP contribution in [0.4, 0.5) is 0 Å². The molecule has 1 unspecified atom stereocenters. The Morgan fingerprint density at radius 2 is 2.04 bits per heavy atom. The molecular formula is C19H26N2O4. The van der Waals surface area contributed by atoms with Crippen molar-refractivity contribution in [2.75, 3.05) is 26.2 Å². The first-order valence-corrected chi connectivity index (χ1v) is 8.85. The molecule has 1 aliphatic rings. The standard InChI is InChI=1S/C19H26N2O4/c1-2-25-18(23)9-6-11-20-19(24)16-13-17(22)21(14-16)12-10-15-7-4-3-5-8-15/h3-5,7-8,16H,2,6,9-14H2,1H3,(H,20,24). The van der Waals surface area contributed by atoms with Gasteiger partial charge in [0.05, 0.1) is 12.5 Å². The lowest BCUT2D eigenvalue weighted by atomic mass is 10.1. The zero-order valence-corrected chi connectivity index (χ0v) is 14.7. The summed E-state index contributed by atoms with van der Waals surface area (Å²) in [7, 11) is 0. The minimum Gasteiger partial charge on any atom is -0.466 e. The minimum atomic E-state index is -0.300. The van der Waals surface area contributed by atoms with Crippen LogP contribution >= 0.6 is 0 Å². The lowest BCUT2D eigenvalue weighted by Crippen LogP contribution is -2.34. The van der Waals surface area contributed by atoms with Gasteiger partial charge >= 0.3 is 5.97 Å². The van der Waals surface area contributed by atoms with Crippen molar-refractivity contribution in [2.24, 2.45) is 5.92 Å². The highest BCUT2D eigenvalue weighted by molar-refractivity contribution is 5.89. The molecule has 0 radical (unpaired) electrons. The summed E-state index contributed by atoms with van der Waals surface area (Å²) in [5.41, 5.74) is 1.18.